The van der Waals surface area contributed by atoms with E-state index in [1.54, 1.807) is 36.4 Å². The van der Waals surface area contributed by atoms with E-state index in [0.29, 0.717) is 32.9 Å². The molecule has 94 valence electrons. The number of rotatable bonds is 0. The van der Waals surface area contributed by atoms with Gasteiger partial charge in [0.2, 0.25) is 0 Å². The van der Waals surface area contributed by atoms with Gasteiger partial charge in [-0.05, 0) is 47.2 Å². The highest BCUT2D eigenvalue weighted by molar-refractivity contribution is 6.06. The van der Waals surface area contributed by atoms with Crippen LogP contribution in [0.15, 0.2) is 50.4 Å². The van der Waals surface area contributed by atoms with Crippen molar-refractivity contribution in [2.24, 2.45) is 0 Å². The SMILES string of the molecule is Nc1ccc2c(=O)oc(=O)c3ccc(N)cc3c2c1. The van der Waals surface area contributed by atoms with Gasteiger partial charge in [-0.1, -0.05) is 0 Å². The Bertz CT molecular complexity index is 854. The van der Waals surface area contributed by atoms with Crippen LogP contribution in [0.1, 0.15) is 0 Å². The third-order valence-electron chi connectivity index (χ3n) is 3.00. The number of hydrogen-bond acceptors (Lipinski definition) is 5. The van der Waals surface area contributed by atoms with Crippen LogP contribution in [0.25, 0.3) is 21.5 Å². The topological polar surface area (TPSA) is 99.3 Å². The first-order valence-electron chi connectivity index (χ1n) is 5.62. The van der Waals surface area contributed by atoms with Gasteiger partial charge in [-0.25, -0.2) is 9.59 Å². The van der Waals surface area contributed by atoms with E-state index in [4.69, 9.17) is 15.9 Å². The first kappa shape index (κ1) is 11.3. The fourth-order valence-corrected chi connectivity index (χ4v) is 2.12. The highest BCUT2D eigenvalue weighted by Gasteiger charge is 2.08. The Balaban J connectivity index is 2.78. The second-order valence-corrected chi connectivity index (χ2v) is 4.29. The molecule has 0 saturated carbocycles. The van der Waals surface area contributed by atoms with Crippen molar-refractivity contribution < 1.29 is 4.42 Å². The van der Waals surface area contributed by atoms with Gasteiger partial charge in [0.1, 0.15) is 0 Å². The molecule has 4 N–H and O–H groups in total. The molecule has 0 aliphatic rings. The second-order valence-electron chi connectivity index (χ2n) is 4.29. The molecule has 3 aromatic rings. The van der Waals surface area contributed by atoms with Gasteiger partial charge < -0.3 is 15.9 Å². The summed E-state index contributed by atoms with van der Waals surface area (Å²) in [6, 6.07) is 9.52. The molecule has 3 rings (SSSR count). The number of nitrogens with two attached hydrogens (primary N) is 2. The van der Waals surface area contributed by atoms with E-state index >= 15 is 0 Å². The van der Waals surface area contributed by atoms with Gasteiger partial charge in [-0.2, -0.15) is 0 Å². The van der Waals surface area contributed by atoms with Gasteiger partial charge in [0, 0.05) is 11.4 Å². The van der Waals surface area contributed by atoms with Gasteiger partial charge in [-0.15, -0.1) is 0 Å². The maximum absolute atomic E-state index is 11.9. The van der Waals surface area contributed by atoms with Crippen molar-refractivity contribution in [3.63, 3.8) is 0 Å². The predicted octanol–water partition coefficient (Wildman–Crippen LogP) is 1.47. The molecule has 1 aromatic heterocycles. The molecular formula is C14H10N2O3. The first-order chi connectivity index (χ1) is 9.06. The lowest BCUT2D eigenvalue weighted by Gasteiger charge is -1.99. The third-order valence-corrected chi connectivity index (χ3v) is 3.00. The van der Waals surface area contributed by atoms with Crippen LogP contribution in [0, 0.1) is 0 Å². The second kappa shape index (κ2) is 3.84. The Labute approximate surface area is 107 Å². The summed E-state index contributed by atoms with van der Waals surface area (Å²) in [6.07, 6.45) is 0. The maximum atomic E-state index is 11.9. The van der Waals surface area contributed by atoms with E-state index < -0.39 is 11.3 Å². The van der Waals surface area contributed by atoms with Crippen LogP contribution in [0.3, 0.4) is 0 Å². The minimum atomic E-state index is -0.685. The molecule has 0 unspecified atom stereocenters. The zero-order valence-corrected chi connectivity index (χ0v) is 9.84. The molecule has 0 bridgehead atoms. The standard InChI is InChI=1S/C14H10N2O3/c15-7-1-3-9-11(5-7)12-6-8(16)2-4-10(12)14(18)19-13(9)17/h1-6H,15-16H2. The van der Waals surface area contributed by atoms with Crippen LogP contribution in [-0.4, -0.2) is 0 Å². The minimum absolute atomic E-state index is 0.298. The molecular weight excluding hydrogens is 244 g/mol. The Morgan fingerprint density at radius 1 is 0.684 bits per heavy atom. The maximum Gasteiger partial charge on any atom is 0.346 e. The lowest BCUT2D eigenvalue weighted by molar-refractivity contribution is 0.491. The van der Waals surface area contributed by atoms with Crippen LogP contribution < -0.4 is 22.7 Å². The van der Waals surface area contributed by atoms with Gasteiger partial charge >= 0.3 is 11.3 Å². The zero-order valence-electron chi connectivity index (χ0n) is 9.84. The summed E-state index contributed by atoms with van der Waals surface area (Å²) in [7, 11) is 0. The molecule has 0 amide bonds. The van der Waals surface area contributed by atoms with E-state index in [0.717, 1.165) is 0 Å². The van der Waals surface area contributed by atoms with Crippen LogP contribution in [-0.2, 0) is 0 Å². The predicted molar refractivity (Wildman–Crippen MR) is 75.1 cm³/mol. The van der Waals surface area contributed by atoms with Crippen LogP contribution in [0.4, 0.5) is 11.4 Å². The lowest BCUT2D eigenvalue weighted by Crippen LogP contribution is -2.04. The summed E-state index contributed by atoms with van der Waals surface area (Å²) in [4.78, 5) is 23.7. The van der Waals surface area contributed by atoms with Crippen molar-refractivity contribution in [1.29, 1.82) is 0 Å². The van der Waals surface area contributed by atoms with E-state index in [1.165, 1.54) is 0 Å². The molecule has 0 atom stereocenters. The lowest BCUT2D eigenvalue weighted by atomic mass is 10.1. The molecule has 0 aliphatic carbocycles. The fraction of sp³-hybridized carbons (Fsp3) is 0. The van der Waals surface area contributed by atoms with E-state index in [1.807, 2.05) is 0 Å². The summed E-state index contributed by atoms with van der Waals surface area (Å²) in [5.74, 6) is 0. The third kappa shape index (κ3) is 1.72. The fourth-order valence-electron chi connectivity index (χ4n) is 2.12. The quantitative estimate of drug-likeness (QED) is 0.592. The van der Waals surface area contributed by atoms with Crippen molar-refractivity contribution in [3.05, 3.63) is 57.2 Å². The zero-order chi connectivity index (χ0) is 13.6. The molecule has 5 nitrogen and oxygen atoms in total. The Hall–Kier alpha value is -2.82. The van der Waals surface area contributed by atoms with Crippen molar-refractivity contribution in [1.82, 2.24) is 0 Å². The first-order valence-corrected chi connectivity index (χ1v) is 5.62. The van der Waals surface area contributed by atoms with E-state index in [9.17, 15) is 9.59 Å². The molecule has 0 saturated heterocycles. The molecule has 1 heterocycles. The van der Waals surface area contributed by atoms with Gasteiger partial charge in [0.15, 0.2) is 0 Å². The van der Waals surface area contributed by atoms with Crippen molar-refractivity contribution >= 4 is 32.9 Å². The summed E-state index contributed by atoms with van der Waals surface area (Å²) in [6.45, 7) is 0. The minimum Gasteiger partial charge on any atom is -0.399 e. The van der Waals surface area contributed by atoms with Crippen molar-refractivity contribution in [2.45, 2.75) is 0 Å². The number of fused-ring (bicyclic) bond motifs is 3. The Kier molecular flexibility index (Phi) is 2.28. The molecule has 0 spiro atoms. The Morgan fingerprint density at radius 3 is 1.53 bits per heavy atom. The van der Waals surface area contributed by atoms with E-state index in [2.05, 4.69) is 0 Å². The van der Waals surface area contributed by atoms with Crippen molar-refractivity contribution in [2.75, 3.05) is 11.5 Å². The molecule has 0 aliphatic heterocycles. The highest BCUT2D eigenvalue weighted by atomic mass is 16.4. The molecule has 19 heavy (non-hydrogen) atoms. The number of hydrogen-bond donors (Lipinski definition) is 2. The average Bonchev–Trinajstić information content (AvgIpc) is 2.46. The normalized spacial score (nSPS) is 10.9. The smallest absolute Gasteiger partial charge is 0.346 e. The van der Waals surface area contributed by atoms with E-state index in [-0.39, 0.29) is 0 Å². The highest BCUT2D eigenvalue weighted by Crippen LogP contribution is 2.23. The van der Waals surface area contributed by atoms with Gasteiger partial charge in [-0.3, -0.25) is 0 Å². The number of benzene rings is 2. The Morgan fingerprint density at radius 2 is 1.11 bits per heavy atom. The molecule has 0 radical (unpaired) electrons. The summed E-state index contributed by atoms with van der Waals surface area (Å²) in [5.41, 5.74) is 11.1. The molecule has 5 heteroatoms. The summed E-state index contributed by atoms with van der Waals surface area (Å²) < 4.78 is 4.78. The van der Waals surface area contributed by atoms with Crippen LogP contribution in [0.2, 0.25) is 0 Å². The van der Waals surface area contributed by atoms with Gasteiger partial charge in [0.05, 0.1) is 10.8 Å². The van der Waals surface area contributed by atoms with Crippen LogP contribution >= 0.6 is 0 Å². The average molecular weight is 254 g/mol. The largest absolute Gasteiger partial charge is 0.399 e. The number of nitrogen functional groups attached to an aromatic ring is 2. The summed E-state index contributed by atoms with van der Waals surface area (Å²) in [5, 5.41) is 1.70. The molecule has 2 aromatic carbocycles. The van der Waals surface area contributed by atoms with Crippen molar-refractivity contribution in [3.8, 4) is 0 Å². The summed E-state index contributed by atoms with van der Waals surface area (Å²) >= 11 is 0. The monoisotopic (exact) mass is 254 g/mol. The number of anilines is 2. The van der Waals surface area contributed by atoms with Gasteiger partial charge in [0.25, 0.3) is 0 Å². The molecule has 0 fully saturated rings. The van der Waals surface area contributed by atoms with Crippen LogP contribution in [0.5, 0.6) is 0 Å².